The second-order valence-electron chi connectivity index (χ2n) is 3.63. The largest absolute Gasteiger partial charge is 0.385 e. The highest BCUT2D eigenvalue weighted by atomic mass is 79.9. The summed E-state index contributed by atoms with van der Waals surface area (Å²) in [6, 6.07) is 2.99. The predicted molar refractivity (Wildman–Crippen MR) is 56.9 cm³/mol. The average Bonchev–Trinajstić information content (AvgIpc) is 2.07. The maximum atomic E-state index is 13.6. The SMILES string of the molecule is OC1(c2cc(Cl)cc(Br)c2F)CCC1. The van der Waals surface area contributed by atoms with Crippen molar-refractivity contribution in [1.82, 2.24) is 0 Å². The molecule has 0 bridgehead atoms. The van der Waals surface area contributed by atoms with Crippen molar-refractivity contribution in [2.75, 3.05) is 0 Å². The van der Waals surface area contributed by atoms with Crippen molar-refractivity contribution in [2.24, 2.45) is 0 Å². The van der Waals surface area contributed by atoms with Gasteiger partial charge in [-0.05, 0) is 47.3 Å². The van der Waals surface area contributed by atoms with E-state index < -0.39 is 11.4 Å². The van der Waals surface area contributed by atoms with Crippen LogP contribution in [0.15, 0.2) is 16.6 Å². The lowest BCUT2D eigenvalue weighted by molar-refractivity contribution is -0.0417. The molecule has 1 saturated carbocycles. The molecule has 0 aromatic heterocycles. The fourth-order valence-corrected chi connectivity index (χ4v) is 2.49. The lowest BCUT2D eigenvalue weighted by Crippen LogP contribution is -2.34. The Morgan fingerprint density at radius 1 is 1.43 bits per heavy atom. The quantitative estimate of drug-likeness (QED) is 0.779. The molecule has 0 unspecified atom stereocenters. The molecule has 14 heavy (non-hydrogen) atoms. The van der Waals surface area contributed by atoms with Gasteiger partial charge in [0, 0.05) is 10.6 Å². The van der Waals surface area contributed by atoms with Gasteiger partial charge in [0.25, 0.3) is 0 Å². The molecule has 1 aromatic rings. The zero-order valence-electron chi connectivity index (χ0n) is 7.36. The van der Waals surface area contributed by atoms with Crippen LogP contribution in [-0.4, -0.2) is 5.11 Å². The first kappa shape index (κ1) is 10.4. The molecule has 0 saturated heterocycles. The average molecular weight is 280 g/mol. The van der Waals surface area contributed by atoms with Crippen LogP contribution < -0.4 is 0 Å². The first-order valence-electron chi connectivity index (χ1n) is 4.40. The molecule has 0 aliphatic heterocycles. The van der Waals surface area contributed by atoms with E-state index in [2.05, 4.69) is 15.9 Å². The van der Waals surface area contributed by atoms with Gasteiger partial charge in [-0.15, -0.1) is 0 Å². The Bertz CT molecular complexity index is 377. The summed E-state index contributed by atoms with van der Waals surface area (Å²) >= 11 is 8.87. The van der Waals surface area contributed by atoms with Crippen molar-refractivity contribution >= 4 is 27.5 Å². The number of aliphatic hydroxyl groups is 1. The van der Waals surface area contributed by atoms with Crippen molar-refractivity contribution in [2.45, 2.75) is 24.9 Å². The van der Waals surface area contributed by atoms with Crippen molar-refractivity contribution in [3.8, 4) is 0 Å². The Morgan fingerprint density at radius 2 is 2.07 bits per heavy atom. The standard InChI is InChI=1S/C10H9BrClFO/c11-8-5-6(12)4-7(9(8)13)10(14)2-1-3-10/h4-5,14H,1-3H2. The molecular formula is C10H9BrClFO. The van der Waals surface area contributed by atoms with Gasteiger partial charge in [0.2, 0.25) is 0 Å². The second-order valence-corrected chi connectivity index (χ2v) is 4.93. The number of benzene rings is 1. The summed E-state index contributed by atoms with van der Waals surface area (Å²) in [5.74, 6) is -0.406. The molecule has 4 heteroatoms. The third-order valence-corrected chi connectivity index (χ3v) is 3.47. The van der Waals surface area contributed by atoms with Crippen LogP contribution >= 0.6 is 27.5 Å². The van der Waals surface area contributed by atoms with E-state index in [4.69, 9.17) is 11.6 Å². The predicted octanol–water partition coefficient (Wildman–Crippen LogP) is 3.61. The molecule has 0 heterocycles. The summed E-state index contributed by atoms with van der Waals surface area (Å²) in [4.78, 5) is 0. The summed E-state index contributed by atoms with van der Waals surface area (Å²) in [5, 5.41) is 10.4. The smallest absolute Gasteiger partial charge is 0.143 e. The molecule has 76 valence electrons. The van der Waals surface area contributed by atoms with Crippen molar-refractivity contribution in [1.29, 1.82) is 0 Å². The van der Waals surface area contributed by atoms with E-state index in [0.717, 1.165) is 6.42 Å². The number of hydrogen-bond donors (Lipinski definition) is 1. The summed E-state index contributed by atoms with van der Waals surface area (Å²) in [7, 11) is 0. The Hall–Kier alpha value is -0.120. The van der Waals surface area contributed by atoms with Crippen molar-refractivity contribution in [3.63, 3.8) is 0 Å². The van der Waals surface area contributed by atoms with Crippen LogP contribution in [0.2, 0.25) is 5.02 Å². The maximum Gasteiger partial charge on any atom is 0.143 e. The minimum atomic E-state index is -1.00. The lowest BCUT2D eigenvalue weighted by Gasteiger charge is -2.37. The van der Waals surface area contributed by atoms with E-state index in [-0.39, 0.29) is 0 Å². The van der Waals surface area contributed by atoms with E-state index in [1.165, 1.54) is 12.1 Å². The Labute approximate surface area is 95.0 Å². The van der Waals surface area contributed by atoms with Gasteiger partial charge in [0.1, 0.15) is 5.82 Å². The minimum Gasteiger partial charge on any atom is -0.385 e. The van der Waals surface area contributed by atoms with E-state index in [0.29, 0.717) is 27.9 Å². The normalized spacial score (nSPS) is 19.1. The van der Waals surface area contributed by atoms with Gasteiger partial charge >= 0.3 is 0 Å². The fourth-order valence-electron chi connectivity index (χ4n) is 1.68. The molecule has 0 radical (unpaired) electrons. The van der Waals surface area contributed by atoms with Crippen molar-refractivity contribution in [3.05, 3.63) is 33.0 Å². The van der Waals surface area contributed by atoms with Gasteiger partial charge in [-0.25, -0.2) is 4.39 Å². The van der Waals surface area contributed by atoms with Gasteiger partial charge < -0.3 is 5.11 Å². The summed E-state index contributed by atoms with van der Waals surface area (Å²) in [6.45, 7) is 0. The minimum absolute atomic E-state index is 0.306. The molecule has 0 atom stereocenters. The Morgan fingerprint density at radius 3 is 2.57 bits per heavy atom. The van der Waals surface area contributed by atoms with Crippen LogP contribution in [0.4, 0.5) is 4.39 Å². The monoisotopic (exact) mass is 278 g/mol. The lowest BCUT2D eigenvalue weighted by atomic mass is 9.75. The molecule has 2 rings (SSSR count). The Balaban J connectivity index is 2.51. The van der Waals surface area contributed by atoms with Crippen LogP contribution in [0, 0.1) is 5.82 Å². The van der Waals surface area contributed by atoms with E-state index in [1.807, 2.05) is 0 Å². The third kappa shape index (κ3) is 1.58. The molecule has 1 fully saturated rings. The van der Waals surface area contributed by atoms with E-state index >= 15 is 0 Å². The Kier molecular flexibility index (Phi) is 2.58. The zero-order valence-corrected chi connectivity index (χ0v) is 9.70. The van der Waals surface area contributed by atoms with Crippen LogP contribution in [0.25, 0.3) is 0 Å². The highest BCUT2D eigenvalue weighted by Crippen LogP contribution is 2.44. The summed E-state index contributed by atoms with van der Waals surface area (Å²) < 4.78 is 13.9. The topological polar surface area (TPSA) is 20.2 Å². The number of rotatable bonds is 1. The van der Waals surface area contributed by atoms with Gasteiger partial charge in [-0.1, -0.05) is 11.6 Å². The number of hydrogen-bond acceptors (Lipinski definition) is 1. The van der Waals surface area contributed by atoms with Crippen LogP contribution in [-0.2, 0) is 5.60 Å². The van der Waals surface area contributed by atoms with E-state index in [9.17, 15) is 9.50 Å². The van der Waals surface area contributed by atoms with Gasteiger partial charge in [0.05, 0.1) is 10.1 Å². The molecule has 1 nitrogen and oxygen atoms in total. The molecule has 1 N–H and O–H groups in total. The molecule has 1 aliphatic rings. The molecule has 0 amide bonds. The van der Waals surface area contributed by atoms with Gasteiger partial charge in [-0.2, -0.15) is 0 Å². The highest BCUT2D eigenvalue weighted by Gasteiger charge is 2.39. The van der Waals surface area contributed by atoms with Crippen LogP contribution in [0.5, 0.6) is 0 Å². The van der Waals surface area contributed by atoms with Gasteiger partial charge in [0.15, 0.2) is 0 Å². The fraction of sp³-hybridized carbons (Fsp3) is 0.400. The summed E-state index contributed by atoms with van der Waals surface area (Å²) in [5.41, 5.74) is -0.694. The van der Waals surface area contributed by atoms with Crippen LogP contribution in [0.1, 0.15) is 24.8 Å². The molecular weight excluding hydrogens is 270 g/mol. The van der Waals surface area contributed by atoms with Gasteiger partial charge in [-0.3, -0.25) is 0 Å². The van der Waals surface area contributed by atoms with Crippen molar-refractivity contribution < 1.29 is 9.50 Å². The first-order valence-corrected chi connectivity index (χ1v) is 5.57. The molecule has 1 aliphatic carbocycles. The third-order valence-electron chi connectivity index (χ3n) is 2.68. The van der Waals surface area contributed by atoms with Crippen LogP contribution in [0.3, 0.4) is 0 Å². The van der Waals surface area contributed by atoms with E-state index in [1.54, 1.807) is 0 Å². The summed E-state index contributed by atoms with van der Waals surface area (Å²) in [6.07, 6.45) is 2.15. The first-order chi connectivity index (χ1) is 6.53. The second kappa shape index (κ2) is 3.47. The number of halogens is 3. The highest BCUT2D eigenvalue weighted by molar-refractivity contribution is 9.10. The maximum absolute atomic E-state index is 13.6. The molecule has 0 spiro atoms. The molecule has 1 aromatic carbocycles. The zero-order chi connectivity index (χ0) is 10.3.